The molecular formula is C15H24N2O. The van der Waals surface area contributed by atoms with E-state index in [1.165, 1.54) is 29.7 Å². The molecule has 2 rings (SSSR count). The van der Waals surface area contributed by atoms with Gasteiger partial charge in [-0.3, -0.25) is 0 Å². The van der Waals surface area contributed by atoms with Gasteiger partial charge in [-0.15, -0.1) is 0 Å². The van der Waals surface area contributed by atoms with Crippen molar-refractivity contribution >= 4 is 5.69 Å². The fourth-order valence-corrected chi connectivity index (χ4v) is 2.44. The van der Waals surface area contributed by atoms with Crippen molar-refractivity contribution in [1.82, 2.24) is 5.32 Å². The number of benzene rings is 1. The van der Waals surface area contributed by atoms with Crippen molar-refractivity contribution in [2.45, 2.75) is 38.6 Å². The van der Waals surface area contributed by atoms with Crippen LogP contribution in [0.5, 0.6) is 0 Å². The second kappa shape index (κ2) is 6.76. The van der Waals surface area contributed by atoms with Gasteiger partial charge in [-0.1, -0.05) is 19.1 Å². The molecule has 3 N–H and O–H groups in total. The minimum atomic E-state index is 0.227. The maximum atomic E-state index is 9.11. The van der Waals surface area contributed by atoms with Gasteiger partial charge in [0.15, 0.2) is 0 Å². The smallest absolute Gasteiger partial charge is 0.0584 e. The van der Waals surface area contributed by atoms with Crippen LogP contribution in [-0.2, 0) is 12.8 Å². The third-order valence-corrected chi connectivity index (χ3v) is 3.67. The topological polar surface area (TPSA) is 44.3 Å². The van der Waals surface area contributed by atoms with Gasteiger partial charge in [0, 0.05) is 18.3 Å². The predicted molar refractivity (Wildman–Crippen MR) is 76.1 cm³/mol. The van der Waals surface area contributed by atoms with Gasteiger partial charge in [0.25, 0.3) is 0 Å². The van der Waals surface area contributed by atoms with Crippen LogP contribution >= 0.6 is 0 Å². The normalized spacial score (nSPS) is 15.9. The van der Waals surface area contributed by atoms with Crippen LogP contribution in [0.1, 0.15) is 30.9 Å². The molecule has 3 nitrogen and oxygen atoms in total. The molecule has 0 saturated heterocycles. The summed E-state index contributed by atoms with van der Waals surface area (Å²) in [5.41, 5.74) is 4.14. The first kappa shape index (κ1) is 13.4. The van der Waals surface area contributed by atoms with E-state index in [9.17, 15) is 0 Å². The van der Waals surface area contributed by atoms with Crippen LogP contribution < -0.4 is 10.6 Å². The van der Waals surface area contributed by atoms with Crippen LogP contribution in [0.2, 0.25) is 0 Å². The lowest BCUT2D eigenvalue weighted by molar-refractivity contribution is 0.240. The van der Waals surface area contributed by atoms with E-state index in [0.717, 1.165) is 25.9 Å². The summed E-state index contributed by atoms with van der Waals surface area (Å²) in [6.07, 6.45) is 4.43. The molecule has 18 heavy (non-hydrogen) atoms. The molecule has 1 aromatic rings. The number of rotatable bonds is 6. The number of nitrogens with one attached hydrogen (secondary N) is 2. The number of aliphatic hydroxyl groups excluding tert-OH is 1. The number of aliphatic hydroxyl groups is 1. The van der Waals surface area contributed by atoms with Crippen LogP contribution in [0.4, 0.5) is 5.69 Å². The summed E-state index contributed by atoms with van der Waals surface area (Å²) in [5.74, 6) is 0. The first-order valence-electron chi connectivity index (χ1n) is 7.03. The van der Waals surface area contributed by atoms with E-state index in [1.807, 2.05) is 0 Å². The first-order valence-corrected chi connectivity index (χ1v) is 7.03. The van der Waals surface area contributed by atoms with Crippen molar-refractivity contribution in [1.29, 1.82) is 0 Å². The molecule has 1 atom stereocenters. The van der Waals surface area contributed by atoms with E-state index in [-0.39, 0.29) is 12.6 Å². The van der Waals surface area contributed by atoms with Crippen molar-refractivity contribution in [3.05, 3.63) is 29.3 Å². The lowest BCUT2D eigenvalue weighted by Crippen LogP contribution is -2.33. The Hall–Kier alpha value is -1.06. The summed E-state index contributed by atoms with van der Waals surface area (Å²) in [7, 11) is 0. The summed E-state index contributed by atoms with van der Waals surface area (Å²) in [5, 5.41) is 15.9. The van der Waals surface area contributed by atoms with E-state index in [1.54, 1.807) is 0 Å². The summed E-state index contributed by atoms with van der Waals surface area (Å²) in [4.78, 5) is 0. The molecule has 1 aliphatic heterocycles. The molecule has 0 aromatic heterocycles. The highest BCUT2D eigenvalue weighted by Gasteiger charge is 2.09. The Morgan fingerprint density at radius 3 is 3.11 bits per heavy atom. The minimum absolute atomic E-state index is 0.227. The molecule has 1 unspecified atom stereocenters. The van der Waals surface area contributed by atoms with Crippen LogP contribution in [-0.4, -0.2) is 30.8 Å². The van der Waals surface area contributed by atoms with Gasteiger partial charge in [-0.05, 0) is 49.4 Å². The lowest BCUT2D eigenvalue weighted by atomic mass is 9.99. The average Bonchev–Trinajstić information content (AvgIpc) is 2.43. The van der Waals surface area contributed by atoms with Gasteiger partial charge in [0.1, 0.15) is 0 Å². The van der Waals surface area contributed by atoms with E-state index < -0.39 is 0 Å². The summed E-state index contributed by atoms with van der Waals surface area (Å²) >= 11 is 0. The average molecular weight is 248 g/mol. The SMILES string of the molecule is CCC(CO)NCCc1ccc2c(c1)CCCN2. The van der Waals surface area contributed by atoms with E-state index in [2.05, 4.69) is 35.8 Å². The van der Waals surface area contributed by atoms with Crippen LogP contribution in [0.3, 0.4) is 0 Å². The summed E-state index contributed by atoms with van der Waals surface area (Å²) < 4.78 is 0. The highest BCUT2D eigenvalue weighted by atomic mass is 16.3. The number of hydrogen-bond donors (Lipinski definition) is 3. The van der Waals surface area contributed by atoms with Gasteiger partial charge in [0.05, 0.1) is 6.61 Å². The number of anilines is 1. The molecule has 100 valence electrons. The zero-order valence-corrected chi connectivity index (χ0v) is 11.2. The van der Waals surface area contributed by atoms with Gasteiger partial charge in [0.2, 0.25) is 0 Å². The molecule has 0 spiro atoms. The Kier molecular flexibility index (Phi) is 5.02. The molecule has 0 radical (unpaired) electrons. The van der Waals surface area contributed by atoms with Crippen LogP contribution in [0, 0.1) is 0 Å². The van der Waals surface area contributed by atoms with E-state index in [0.29, 0.717) is 0 Å². The van der Waals surface area contributed by atoms with Gasteiger partial charge in [-0.2, -0.15) is 0 Å². The van der Waals surface area contributed by atoms with Crippen molar-refractivity contribution in [2.75, 3.05) is 25.0 Å². The molecule has 1 heterocycles. The van der Waals surface area contributed by atoms with E-state index in [4.69, 9.17) is 5.11 Å². The van der Waals surface area contributed by atoms with Crippen molar-refractivity contribution in [2.24, 2.45) is 0 Å². The Balaban J connectivity index is 1.86. The molecule has 0 fully saturated rings. The summed E-state index contributed by atoms with van der Waals surface area (Å²) in [6.45, 7) is 4.36. The van der Waals surface area contributed by atoms with Crippen LogP contribution in [0.15, 0.2) is 18.2 Å². The fraction of sp³-hybridized carbons (Fsp3) is 0.600. The van der Waals surface area contributed by atoms with Gasteiger partial charge < -0.3 is 15.7 Å². The molecule has 1 aromatic carbocycles. The molecule has 1 aliphatic rings. The Morgan fingerprint density at radius 1 is 1.44 bits per heavy atom. The first-order chi connectivity index (χ1) is 8.83. The predicted octanol–water partition coefficient (Wildman–Crippen LogP) is 1.95. The number of aryl methyl sites for hydroxylation is 1. The number of hydrogen-bond acceptors (Lipinski definition) is 3. The molecule has 0 saturated carbocycles. The Bertz CT molecular complexity index is 375. The maximum Gasteiger partial charge on any atom is 0.0584 e. The summed E-state index contributed by atoms with van der Waals surface area (Å²) in [6, 6.07) is 6.97. The molecule has 0 bridgehead atoms. The van der Waals surface area contributed by atoms with E-state index >= 15 is 0 Å². The lowest BCUT2D eigenvalue weighted by Gasteiger charge is -2.19. The van der Waals surface area contributed by atoms with Crippen molar-refractivity contribution in [3.63, 3.8) is 0 Å². The second-order valence-corrected chi connectivity index (χ2v) is 5.01. The fourth-order valence-electron chi connectivity index (χ4n) is 2.44. The highest BCUT2D eigenvalue weighted by Crippen LogP contribution is 2.22. The quantitative estimate of drug-likeness (QED) is 0.721. The second-order valence-electron chi connectivity index (χ2n) is 5.01. The largest absolute Gasteiger partial charge is 0.395 e. The van der Waals surface area contributed by atoms with Crippen molar-refractivity contribution in [3.8, 4) is 0 Å². The minimum Gasteiger partial charge on any atom is -0.395 e. The van der Waals surface area contributed by atoms with Crippen LogP contribution in [0.25, 0.3) is 0 Å². The molecular weight excluding hydrogens is 224 g/mol. The highest BCUT2D eigenvalue weighted by molar-refractivity contribution is 5.54. The third-order valence-electron chi connectivity index (χ3n) is 3.67. The Labute approximate surface area is 110 Å². The number of fused-ring (bicyclic) bond motifs is 1. The van der Waals surface area contributed by atoms with Gasteiger partial charge >= 0.3 is 0 Å². The van der Waals surface area contributed by atoms with Crippen molar-refractivity contribution < 1.29 is 5.11 Å². The maximum absolute atomic E-state index is 9.11. The zero-order valence-electron chi connectivity index (χ0n) is 11.2. The zero-order chi connectivity index (χ0) is 12.8. The Morgan fingerprint density at radius 2 is 2.33 bits per heavy atom. The van der Waals surface area contributed by atoms with Gasteiger partial charge in [-0.25, -0.2) is 0 Å². The molecule has 0 aliphatic carbocycles. The third kappa shape index (κ3) is 3.47. The monoisotopic (exact) mass is 248 g/mol. The molecule has 3 heteroatoms. The molecule has 0 amide bonds. The standard InChI is InChI=1S/C15H24N2O/c1-2-14(11-18)16-9-7-12-5-6-15-13(10-12)4-3-8-17-15/h5-6,10,14,16-18H,2-4,7-9,11H2,1H3.